The zero-order chi connectivity index (χ0) is 14.7. The second-order valence-corrected chi connectivity index (χ2v) is 5.93. The Bertz CT molecular complexity index is 596. The van der Waals surface area contributed by atoms with Crippen molar-refractivity contribution < 1.29 is 0 Å². The van der Waals surface area contributed by atoms with E-state index in [-0.39, 0.29) is 0 Å². The quantitative estimate of drug-likeness (QED) is 0.878. The Hall–Kier alpha value is -1.91. The van der Waals surface area contributed by atoms with Crippen molar-refractivity contribution in [3.05, 3.63) is 29.8 Å². The molecule has 112 valence electrons. The molecule has 1 saturated carbocycles. The van der Waals surface area contributed by atoms with Gasteiger partial charge in [0.05, 0.1) is 18.1 Å². The van der Waals surface area contributed by atoms with E-state index in [1.807, 2.05) is 24.6 Å². The van der Waals surface area contributed by atoms with Gasteiger partial charge < -0.3 is 5.32 Å². The van der Waals surface area contributed by atoms with E-state index in [1.165, 1.54) is 38.5 Å². The summed E-state index contributed by atoms with van der Waals surface area (Å²) in [5.41, 5.74) is 2.07. The molecule has 0 amide bonds. The summed E-state index contributed by atoms with van der Waals surface area (Å²) in [5.74, 6) is 1.63. The smallest absolute Gasteiger partial charge is 0.174 e. The summed E-state index contributed by atoms with van der Waals surface area (Å²) in [7, 11) is 0. The van der Waals surface area contributed by atoms with Crippen LogP contribution in [0.3, 0.4) is 0 Å². The fourth-order valence-electron chi connectivity index (χ4n) is 3.02. The summed E-state index contributed by atoms with van der Waals surface area (Å²) >= 11 is 0. The maximum atomic E-state index is 4.67. The highest BCUT2D eigenvalue weighted by atomic mass is 15.3. The maximum absolute atomic E-state index is 4.67. The summed E-state index contributed by atoms with van der Waals surface area (Å²) in [5, 5.41) is 8.01. The number of aromatic nitrogens is 4. The molecule has 0 spiro atoms. The van der Waals surface area contributed by atoms with Crippen molar-refractivity contribution in [2.24, 2.45) is 0 Å². The van der Waals surface area contributed by atoms with Crippen LogP contribution in [0.1, 0.15) is 49.9 Å². The second kappa shape index (κ2) is 6.24. The monoisotopic (exact) mass is 285 g/mol. The zero-order valence-corrected chi connectivity index (χ0v) is 12.8. The molecule has 1 fully saturated rings. The Balaban J connectivity index is 1.78. The van der Waals surface area contributed by atoms with E-state index in [0.29, 0.717) is 6.04 Å². The fraction of sp³-hybridized carbons (Fsp3) is 0.562. The second-order valence-electron chi connectivity index (χ2n) is 5.93. The lowest BCUT2D eigenvalue weighted by Crippen LogP contribution is -2.19. The molecule has 0 bridgehead atoms. The minimum Gasteiger partial charge on any atom is -0.366 e. The molecule has 1 aliphatic rings. The van der Waals surface area contributed by atoms with E-state index in [2.05, 4.69) is 20.4 Å². The van der Waals surface area contributed by atoms with Gasteiger partial charge in [0.1, 0.15) is 5.82 Å². The van der Waals surface area contributed by atoms with Crippen molar-refractivity contribution in [1.29, 1.82) is 0 Å². The van der Waals surface area contributed by atoms with Crippen LogP contribution < -0.4 is 5.32 Å². The lowest BCUT2D eigenvalue weighted by atomic mass is 10.1. The largest absolute Gasteiger partial charge is 0.366 e. The van der Waals surface area contributed by atoms with Gasteiger partial charge in [-0.05, 0) is 32.8 Å². The van der Waals surface area contributed by atoms with Gasteiger partial charge in [-0.15, -0.1) is 0 Å². The van der Waals surface area contributed by atoms with Crippen molar-refractivity contribution in [3.8, 4) is 5.82 Å². The SMILES string of the molecule is Cc1cc(C)n(-c2cncc(NC3CCCCCC3)n2)n1. The molecule has 0 saturated heterocycles. The Morgan fingerprint density at radius 3 is 2.52 bits per heavy atom. The molecule has 3 rings (SSSR count). The van der Waals surface area contributed by atoms with E-state index in [0.717, 1.165) is 23.0 Å². The Kier molecular flexibility index (Phi) is 4.18. The molecule has 1 aliphatic carbocycles. The van der Waals surface area contributed by atoms with E-state index in [1.54, 1.807) is 12.4 Å². The molecule has 0 unspecified atom stereocenters. The summed E-state index contributed by atoms with van der Waals surface area (Å²) in [4.78, 5) is 8.98. The molecule has 2 aromatic heterocycles. The van der Waals surface area contributed by atoms with Gasteiger partial charge in [0.25, 0.3) is 0 Å². The third-order valence-electron chi connectivity index (χ3n) is 4.06. The number of hydrogen-bond acceptors (Lipinski definition) is 4. The first kappa shape index (κ1) is 14.0. The number of anilines is 1. The summed E-state index contributed by atoms with van der Waals surface area (Å²) in [6.07, 6.45) is 11.4. The van der Waals surface area contributed by atoms with Crippen molar-refractivity contribution in [2.75, 3.05) is 5.32 Å². The highest BCUT2D eigenvalue weighted by molar-refractivity contribution is 5.37. The molecular formula is C16H23N5. The predicted molar refractivity (Wildman–Crippen MR) is 83.7 cm³/mol. The van der Waals surface area contributed by atoms with E-state index < -0.39 is 0 Å². The maximum Gasteiger partial charge on any atom is 0.174 e. The van der Waals surface area contributed by atoms with Gasteiger partial charge in [0, 0.05) is 11.7 Å². The van der Waals surface area contributed by atoms with Gasteiger partial charge in [-0.1, -0.05) is 25.7 Å². The Morgan fingerprint density at radius 1 is 1.10 bits per heavy atom. The van der Waals surface area contributed by atoms with Crippen molar-refractivity contribution >= 4 is 5.82 Å². The number of nitrogens with zero attached hydrogens (tertiary/aromatic N) is 4. The van der Waals surface area contributed by atoms with Crippen LogP contribution in [0.2, 0.25) is 0 Å². The van der Waals surface area contributed by atoms with Gasteiger partial charge in [-0.2, -0.15) is 5.10 Å². The number of hydrogen-bond donors (Lipinski definition) is 1. The fourth-order valence-corrected chi connectivity index (χ4v) is 3.02. The summed E-state index contributed by atoms with van der Waals surface area (Å²) < 4.78 is 1.85. The Morgan fingerprint density at radius 2 is 1.86 bits per heavy atom. The van der Waals surface area contributed by atoms with Crippen LogP contribution in [0.4, 0.5) is 5.82 Å². The average molecular weight is 285 g/mol. The molecule has 5 nitrogen and oxygen atoms in total. The van der Waals surface area contributed by atoms with Crippen LogP contribution in [0.5, 0.6) is 0 Å². The minimum atomic E-state index is 0.525. The standard InChI is InChI=1S/C16H23N5/c1-12-9-13(2)21(20-12)16-11-17-10-15(19-16)18-14-7-5-3-4-6-8-14/h9-11,14H,3-8H2,1-2H3,(H,18,19). The van der Waals surface area contributed by atoms with Crippen LogP contribution in [0, 0.1) is 13.8 Å². The number of nitrogens with one attached hydrogen (secondary N) is 1. The van der Waals surface area contributed by atoms with E-state index >= 15 is 0 Å². The first-order valence-electron chi connectivity index (χ1n) is 7.84. The first-order chi connectivity index (χ1) is 10.2. The van der Waals surface area contributed by atoms with Crippen molar-refractivity contribution in [1.82, 2.24) is 19.7 Å². The van der Waals surface area contributed by atoms with Gasteiger partial charge >= 0.3 is 0 Å². The first-order valence-corrected chi connectivity index (χ1v) is 7.84. The van der Waals surface area contributed by atoms with Gasteiger partial charge in [-0.3, -0.25) is 4.98 Å². The molecule has 2 aromatic rings. The highest BCUT2D eigenvalue weighted by Crippen LogP contribution is 2.20. The molecule has 1 N–H and O–H groups in total. The Labute approximate surface area is 125 Å². The van der Waals surface area contributed by atoms with Gasteiger partial charge in [0.2, 0.25) is 0 Å². The lowest BCUT2D eigenvalue weighted by Gasteiger charge is -2.17. The summed E-state index contributed by atoms with van der Waals surface area (Å²) in [6, 6.07) is 2.57. The third-order valence-corrected chi connectivity index (χ3v) is 4.06. The van der Waals surface area contributed by atoms with Crippen molar-refractivity contribution in [3.63, 3.8) is 0 Å². The molecule has 0 radical (unpaired) electrons. The van der Waals surface area contributed by atoms with Crippen LogP contribution in [-0.4, -0.2) is 25.8 Å². The molecular weight excluding hydrogens is 262 g/mol. The van der Waals surface area contributed by atoms with E-state index in [4.69, 9.17) is 0 Å². The topological polar surface area (TPSA) is 55.6 Å². The summed E-state index contributed by atoms with van der Waals surface area (Å²) in [6.45, 7) is 4.03. The van der Waals surface area contributed by atoms with Gasteiger partial charge in [0.15, 0.2) is 5.82 Å². The number of rotatable bonds is 3. The van der Waals surface area contributed by atoms with Crippen LogP contribution in [0.15, 0.2) is 18.5 Å². The number of aryl methyl sites for hydroxylation is 2. The van der Waals surface area contributed by atoms with E-state index in [9.17, 15) is 0 Å². The van der Waals surface area contributed by atoms with Crippen LogP contribution in [0.25, 0.3) is 5.82 Å². The molecule has 21 heavy (non-hydrogen) atoms. The molecule has 0 aromatic carbocycles. The normalized spacial score (nSPS) is 16.7. The van der Waals surface area contributed by atoms with Crippen molar-refractivity contribution in [2.45, 2.75) is 58.4 Å². The average Bonchev–Trinajstić information content (AvgIpc) is 2.66. The highest BCUT2D eigenvalue weighted by Gasteiger charge is 2.13. The van der Waals surface area contributed by atoms with Crippen LogP contribution >= 0.6 is 0 Å². The third kappa shape index (κ3) is 3.40. The lowest BCUT2D eigenvalue weighted by molar-refractivity contribution is 0.616. The zero-order valence-electron chi connectivity index (χ0n) is 12.8. The molecule has 5 heteroatoms. The van der Waals surface area contributed by atoms with Gasteiger partial charge in [-0.25, -0.2) is 9.67 Å². The minimum absolute atomic E-state index is 0.525. The van der Waals surface area contributed by atoms with Crippen LogP contribution in [-0.2, 0) is 0 Å². The molecule has 2 heterocycles. The molecule has 0 aliphatic heterocycles. The predicted octanol–water partition coefficient (Wildman–Crippen LogP) is 3.41. The molecule has 0 atom stereocenters.